The van der Waals surface area contributed by atoms with Crippen LogP contribution in [0, 0.1) is 0 Å². The number of nitrogens with one attached hydrogen (secondary N) is 2. The third-order valence-electron chi connectivity index (χ3n) is 4.72. The number of fused-ring (bicyclic) bond motifs is 2. The lowest BCUT2D eigenvalue weighted by atomic mass is 10.1. The molecule has 2 aromatic carbocycles. The maximum Gasteiger partial charge on any atom is 0.291 e. The largest absolute Gasteiger partial charge is 0.451 e. The average Bonchev–Trinajstić information content (AvgIpc) is 3.38. The maximum absolute atomic E-state index is 13.2. The Kier molecular flexibility index (Phi) is 5.76. The first-order valence-corrected chi connectivity index (χ1v) is 11.8. The number of benzene rings is 2. The van der Waals surface area contributed by atoms with Gasteiger partial charge in [-0.25, -0.2) is 15.0 Å². The fourth-order valence-corrected chi connectivity index (χ4v) is 5.10. The van der Waals surface area contributed by atoms with E-state index in [1.165, 1.54) is 30.0 Å². The highest BCUT2D eigenvalue weighted by Gasteiger charge is 2.21. The van der Waals surface area contributed by atoms with E-state index < -0.39 is 0 Å². The van der Waals surface area contributed by atoms with Gasteiger partial charge >= 0.3 is 0 Å². The number of carbonyl (C=O) groups is 2. The molecule has 3 heterocycles. The Hall–Kier alpha value is -3.76. The van der Waals surface area contributed by atoms with Gasteiger partial charge in [-0.3, -0.25) is 9.59 Å². The van der Waals surface area contributed by atoms with Gasteiger partial charge in [0.15, 0.2) is 16.0 Å². The summed E-state index contributed by atoms with van der Waals surface area (Å²) in [4.78, 5) is 37.3. The first-order chi connectivity index (χ1) is 16.1. The summed E-state index contributed by atoms with van der Waals surface area (Å²) in [6.45, 7) is 1.44. The Morgan fingerprint density at radius 3 is 2.70 bits per heavy atom. The second-order valence-corrected chi connectivity index (χ2v) is 9.04. The topological polar surface area (TPSA) is 110 Å². The van der Waals surface area contributed by atoms with E-state index in [1.54, 1.807) is 30.6 Å². The van der Waals surface area contributed by atoms with Gasteiger partial charge in [0.1, 0.15) is 5.58 Å². The number of carbonyl (C=O) groups excluding carboxylic acids is 2. The number of furan rings is 1. The zero-order valence-corrected chi connectivity index (χ0v) is 19.0. The van der Waals surface area contributed by atoms with Crippen molar-refractivity contribution >= 4 is 66.9 Å². The molecule has 2 N–H and O–H groups in total. The Morgan fingerprint density at radius 2 is 1.88 bits per heavy atom. The molecular formula is C23H17N5O3S2. The van der Waals surface area contributed by atoms with Crippen molar-refractivity contribution < 1.29 is 14.0 Å². The summed E-state index contributed by atoms with van der Waals surface area (Å²) in [5.74, 6) is 0.209. The minimum atomic E-state index is -0.346. The monoisotopic (exact) mass is 475 g/mol. The van der Waals surface area contributed by atoms with Gasteiger partial charge in [0, 0.05) is 41.7 Å². The summed E-state index contributed by atoms with van der Waals surface area (Å²) in [5.41, 5.74) is 2.78. The van der Waals surface area contributed by atoms with Crippen molar-refractivity contribution in [2.24, 2.45) is 0 Å². The molecule has 10 heteroatoms. The molecule has 0 aliphatic carbocycles. The number of nitrogens with zero attached hydrogens (tertiary/aromatic N) is 3. The molecule has 0 radical (unpaired) electrons. The van der Waals surface area contributed by atoms with Crippen LogP contribution in [0.4, 0.5) is 10.8 Å². The lowest BCUT2D eigenvalue weighted by molar-refractivity contribution is -0.114. The van der Waals surface area contributed by atoms with Gasteiger partial charge in [-0.1, -0.05) is 41.3 Å². The van der Waals surface area contributed by atoms with Gasteiger partial charge in [-0.05, 0) is 30.3 Å². The molecule has 3 aromatic heterocycles. The van der Waals surface area contributed by atoms with E-state index in [1.807, 2.05) is 30.3 Å². The van der Waals surface area contributed by atoms with Crippen LogP contribution in [0.3, 0.4) is 0 Å². The van der Waals surface area contributed by atoms with E-state index in [9.17, 15) is 9.59 Å². The van der Waals surface area contributed by atoms with Gasteiger partial charge in [-0.2, -0.15) is 0 Å². The lowest BCUT2D eigenvalue weighted by Crippen LogP contribution is -2.12. The summed E-state index contributed by atoms with van der Waals surface area (Å²) >= 11 is 2.78. The molecule has 0 saturated carbocycles. The third-order valence-corrected chi connectivity index (χ3v) is 6.56. The molecule has 2 amide bonds. The van der Waals surface area contributed by atoms with Crippen LogP contribution < -0.4 is 10.6 Å². The molecular weight excluding hydrogens is 458 g/mol. The number of anilines is 2. The predicted molar refractivity (Wildman–Crippen MR) is 130 cm³/mol. The van der Waals surface area contributed by atoms with E-state index in [-0.39, 0.29) is 17.6 Å². The number of aromatic nitrogens is 3. The normalized spacial score (nSPS) is 11.1. The highest BCUT2D eigenvalue weighted by Crippen LogP contribution is 2.32. The molecule has 0 unspecified atom stereocenters. The molecule has 5 aromatic rings. The Bertz CT molecular complexity index is 1480. The van der Waals surface area contributed by atoms with Crippen LogP contribution >= 0.6 is 23.1 Å². The maximum atomic E-state index is 13.2. The van der Waals surface area contributed by atoms with Crippen molar-refractivity contribution in [2.45, 2.75) is 17.8 Å². The molecule has 0 saturated heterocycles. The van der Waals surface area contributed by atoms with Crippen LogP contribution in [0.15, 0.2) is 70.5 Å². The minimum Gasteiger partial charge on any atom is -0.451 e. The van der Waals surface area contributed by atoms with Crippen LogP contribution in [0.1, 0.15) is 23.0 Å². The molecule has 5 rings (SSSR count). The standard InChI is InChI=1S/C23H17N5O3S2/c1-13(29)26-23-28-17-8-7-14(11-19(17)33-23)27-21(30)20-16(12-32-22-24-9-4-10-25-22)15-5-2-3-6-18(15)31-20/h2-11H,12H2,1H3,(H,27,30)(H,26,28,29). The second-order valence-electron chi connectivity index (χ2n) is 7.06. The smallest absolute Gasteiger partial charge is 0.291 e. The van der Waals surface area contributed by atoms with Gasteiger partial charge in [0.2, 0.25) is 5.91 Å². The summed E-state index contributed by atoms with van der Waals surface area (Å²) < 4.78 is 6.78. The van der Waals surface area contributed by atoms with Crippen molar-refractivity contribution in [3.63, 3.8) is 0 Å². The highest BCUT2D eigenvalue weighted by molar-refractivity contribution is 7.98. The number of para-hydroxylation sites is 1. The number of amides is 2. The first-order valence-electron chi connectivity index (χ1n) is 9.96. The fraction of sp³-hybridized carbons (Fsp3) is 0.0870. The van der Waals surface area contributed by atoms with E-state index in [0.717, 1.165) is 21.2 Å². The van der Waals surface area contributed by atoms with Gasteiger partial charge in [0.25, 0.3) is 5.91 Å². The molecule has 164 valence electrons. The number of thioether (sulfide) groups is 1. The van der Waals surface area contributed by atoms with Gasteiger partial charge < -0.3 is 15.1 Å². The number of hydrogen-bond acceptors (Lipinski definition) is 8. The molecule has 0 fully saturated rings. The third kappa shape index (κ3) is 4.57. The number of thiazole rings is 1. The molecule has 0 atom stereocenters. The summed E-state index contributed by atoms with van der Waals surface area (Å²) in [6, 6.07) is 14.7. The molecule has 0 aliphatic rings. The summed E-state index contributed by atoms with van der Waals surface area (Å²) in [6.07, 6.45) is 3.37. The predicted octanol–water partition coefficient (Wildman–Crippen LogP) is 5.34. The van der Waals surface area contributed by atoms with Gasteiger partial charge in [-0.15, -0.1) is 0 Å². The van der Waals surface area contributed by atoms with Crippen molar-refractivity contribution in [3.8, 4) is 0 Å². The summed E-state index contributed by atoms with van der Waals surface area (Å²) in [7, 11) is 0. The molecule has 0 spiro atoms. The Labute approximate surface area is 196 Å². The zero-order chi connectivity index (χ0) is 22.8. The van der Waals surface area contributed by atoms with E-state index in [2.05, 4.69) is 25.6 Å². The minimum absolute atomic E-state index is 0.182. The van der Waals surface area contributed by atoms with Crippen LogP contribution in [0.5, 0.6) is 0 Å². The van der Waals surface area contributed by atoms with E-state index in [4.69, 9.17) is 4.42 Å². The average molecular weight is 476 g/mol. The Balaban J connectivity index is 1.42. The van der Waals surface area contributed by atoms with Crippen molar-refractivity contribution in [3.05, 3.63) is 72.2 Å². The van der Waals surface area contributed by atoms with Crippen LogP contribution in [0.25, 0.3) is 21.2 Å². The van der Waals surface area contributed by atoms with Crippen LogP contribution in [-0.4, -0.2) is 26.8 Å². The van der Waals surface area contributed by atoms with E-state index >= 15 is 0 Å². The van der Waals surface area contributed by atoms with E-state index in [0.29, 0.717) is 27.3 Å². The molecule has 8 nitrogen and oxygen atoms in total. The quantitative estimate of drug-likeness (QED) is 0.252. The SMILES string of the molecule is CC(=O)Nc1nc2ccc(NC(=O)c3oc4ccccc4c3CSc3ncccn3)cc2s1. The highest BCUT2D eigenvalue weighted by atomic mass is 32.2. The zero-order valence-electron chi connectivity index (χ0n) is 17.4. The van der Waals surface area contributed by atoms with Gasteiger partial charge in [0.05, 0.1) is 10.2 Å². The van der Waals surface area contributed by atoms with Crippen molar-refractivity contribution in [2.75, 3.05) is 10.6 Å². The molecule has 33 heavy (non-hydrogen) atoms. The fourth-order valence-electron chi connectivity index (χ4n) is 3.32. The van der Waals surface area contributed by atoms with Crippen molar-refractivity contribution in [1.82, 2.24) is 15.0 Å². The first kappa shape index (κ1) is 21.1. The Morgan fingerprint density at radius 1 is 1.06 bits per heavy atom. The number of hydrogen-bond donors (Lipinski definition) is 2. The molecule has 0 bridgehead atoms. The van der Waals surface area contributed by atoms with Crippen LogP contribution in [0.2, 0.25) is 0 Å². The lowest BCUT2D eigenvalue weighted by Gasteiger charge is -2.05. The second kappa shape index (κ2) is 9.00. The summed E-state index contributed by atoms with van der Waals surface area (Å²) in [5, 5.41) is 7.62. The van der Waals surface area contributed by atoms with Crippen LogP contribution in [-0.2, 0) is 10.5 Å². The van der Waals surface area contributed by atoms with Crippen molar-refractivity contribution in [1.29, 1.82) is 0 Å². The molecule has 0 aliphatic heterocycles. The number of rotatable bonds is 6.